The monoisotopic (exact) mass is 368 g/mol. The molecule has 0 saturated heterocycles. The van der Waals surface area contributed by atoms with Gasteiger partial charge < -0.3 is 10.7 Å². The highest BCUT2D eigenvalue weighted by Gasteiger charge is 2.28. The van der Waals surface area contributed by atoms with Crippen molar-refractivity contribution in [2.45, 2.75) is 18.8 Å². The third-order valence-corrected chi connectivity index (χ3v) is 5.58. The number of rotatable bonds is 2. The molecule has 4 aromatic heterocycles. The van der Waals surface area contributed by atoms with Crippen LogP contribution in [0.3, 0.4) is 0 Å². The average Bonchev–Trinajstić information content (AvgIpc) is 3.44. The summed E-state index contributed by atoms with van der Waals surface area (Å²) in [7, 11) is 0. The highest BCUT2D eigenvalue weighted by Crippen LogP contribution is 2.46. The first-order valence-electron chi connectivity index (χ1n) is 9.24. The summed E-state index contributed by atoms with van der Waals surface area (Å²) >= 11 is 0. The molecule has 0 bridgehead atoms. The molecule has 1 saturated carbocycles. The number of nitrogens with two attached hydrogens (primary N) is 1. The van der Waals surface area contributed by atoms with Crippen LogP contribution in [-0.2, 0) is 0 Å². The minimum atomic E-state index is -0.305. The maximum absolute atomic E-state index is 12.7. The second kappa shape index (κ2) is 5.39. The number of aromatic nitrogens is 5. The van der Waals surface area contributed by atoms with Crippen molar-refractivity contribution in [2.75, 3.05) is 5.73 Å². The van der Waals surface area contributed by atoms with Gasteiger partial charge in [-0.3, -0.25) is 14.9 Å². The van der Waals surface area contributed by atoms with Crippen molar-refractivity contribution in [3.05, 3.63) is 58.8 Å². The van der Waals surface area contributed by atoms with Gasteiger partial charge in [0.15, 0.2) is 5.65 Å². The molecule has 1 aromatic carbocycles. The van der Waals surface area contributed by atoms with Crippen molar-refractivity contribution >= 4 is 38.5 Å². The van der Waals surface area contributed by atoms with Crippen molar-refractivity contribution < 1.29 is 0 Å². The molecule has 5 aromatic rings. The van der Waals surface area contributed by atoms with E-state index in [0.717, 1.165) is 51.2 Å². The van der Waals surface area contributed by atoms with Crippen molar-refractivity contribution in [1.82, 2.24) is 25.1 Å². The number of H-pyrrole nitrogens is 2. The highest BCUT2D eigenvalue weighted by molar-refractivity contribution is 6.14. The van der Waals surface area contributed by atoms with E-state index in [1.54, 1.807) is 18.6 Å². The summed E-state index contributed by atoms with van der Waals surface area (Å²) in [5, 5.41) is 9.68. The van der Waals surface area contributed by atoms with Crippen LogP contribution in [-0.4, -0.2) is 25.1 Å². The van der Waals surface area contributed by atoms with Gasteiger partial charge in [0.05, 0.1) is 17.2 Å². The molecule has 1 aliphatic carbocycles. The van der Waals surface area contributed by atoms with Gasteiger partial charge in [0.1, 0.15) is 5.69 Å². The van der Waals surface area contributed by atoms with Crippen LogP contribution >= 0.6 is 0 Å². The van der Waals surface area contributed by atoms with E-state index in [-0.39, 0.29) is 11.2 Å². The number of hydrogen-bond donors (Lipinski definition) is 3. The van der Waals surface area contributed by atoms with Gasteiger partial charge in [0, 0.05) is 34.1 Å². The smallest absolute Gasteiger partial charge is 0.272 e. The Kier molecular flexibility index (Phi) is 2.95. The zero-order chi connectivity index (χ0) is 18.8. The van der Waals surface area contributed by atoms with E-state index in [0.29, 0.717) is 11.6 Å². The maximum atomic E-state index is 12.7. The number of hydrogen-bond acceptors (Lipinski definition) is 5. The lowest BCUT2D eigenvalue weighted by Gasteiger charge is -2.14. The third kappa shape index (κ3) is 2.04. The van der Waals surface area contributed by atoms with Crippen molar-refractivity contribution in [3.63, 3.8) is 0 Å². The standard InChI is InChI=1S/C21H16N6O/c22-17-16(11-5-7-24-20-15(11)9-25-27-20)14-8-13(10-3-4-10)18-12(2-1-6-23-18)19(14)26-21(17)28/h1-2,5-10H,3-4,22H2,(H,26,28)(H,24,25,27). The SMILES string of the molecule is Nc1c(-c2ccnc3[nH]ncc23)c2cc(C3CC3)c3ncccc3c2[nH]c1=O. The van der Waals surface area contributed by atoms with Crippen LogP contribution in [0.2, 0.25) is 0 Å². The molecule has 6 rings (SSSR count). The predicted molar refractivity (Wildman–Crippen MR) is 109 cm³/mol. The average molecular weight is 368 g/mol. The Bertz CT molecular complexity index is 1460. The molecule has 0 unspecified atom stereocenters. The number of nitrogens with one attached hydrogen (secondary N) is 2. The number of pyridine rings is 3. The van der Waals surface area contributed by atoms with E-state index in [4.69, 9.17) is 5.73 Å². The Morgan fingerprint density at radius 2 is 1.96 bits per heavy atom. The normalized spacial score (nSPS) is 14.3. The predicted octanol–water partition coefficient (Wildman–Crippen LogP) is 3.47. The van der Waals surface area contributed by atoms with Gasteiger partial charge in [-0.2, -0.15) is 5.10 Å². The number of fused-ring (bicyclic) bond motifs is 4. The van der Waals surface area contributed by atoms with Crippen LogP contribution < -0.4 is 11.3 Å². The number of aromatic amines is 2. The molecule has 0 atom stereocenters. The Labute approximate surface area is 158 Å². The van der Waals surface area contributed by atoms with E-state index in [2.05, 4.69) is 31.2 Å². The molecular weight excluding hydrogens is 352 g/mol. The quantitative estimate of drug-likeness (QED) is 0.413. The Balaban J connectivity index is 1.84. The molecule has 7 nitrogen and oxygen atoms in total. The molecule has 0 radical (unpaired) electrons. The first-order chi connectivity index (χ1) is 13.7. The Hall–Kier alpha value is -3.74. The van der Waals surface area contributed by atoms with Crippen molar-refractivity contribution in [1.29, 1.82) is 0 Å². The molecule has 0 aliphatic heterocycles. The van der Waals surface area contributed by atoms with Crippen LogP contribution in [0.15, 0.2) is 47.7 Å². The maximum Gasteiger partial charge on any atom is 0.272 e. The van der Waals surface area contributed by atoms with Gasteiger partial charge in [-0.1, -0.05) is 0 Å². The summed E-state index contributed by atoms with van der Waals surface area (Å²) in [5.74, 6) is 0.509. The molecule has 0 spiro atoms. The summed E-state index contributed by atoms with van der Waals surface area (Å²) in [6.07, 6.45) is 7.54. The minimum Gasteiger partial charge on any atom is -0.394 e. The van der Waals surface area contributed by atoms with Crippen molar-refractivity contribution in [3.8, 4) is 11.1 Å². The van der Waals surface area contributed by atoms with E-state index < -0.39 is 0 Å². The molecule has 7 heteroatoms. The summed E-state index contributed by atoms with van der Waals surface area (Å²) in [6, 6.07) is 7.93. The van der Waals surface area contributed by atoms with Gasteiger partial charge in [-0.15, -0.1) is 0 Å². The van der Waals surface area contributed by atoms with E-state index in [9.17, 15) is 4.79 Å². The molecule has 4 N–H and O–H groups in total. The lowest BCUT2D eigenvalue weighted by Crippen LogP contribution is -2.14. The van der Waals surface area contributed by atoms with Gasteiger partial charge in [-0.25, -0.2) is 4.98 Å². The largest absolute Gasteiger partial charge is 0.394 e. The van der Waals surface area contributed by atoms with Crippen LogP contribution in [0, 0.1) is 0 Å². The fourth-order valence-electron chi connectivity index (χ4n) is 4.11. The van der Waals surface area contributed by atoms with Crippen LogP contribution in [0.1, 0.15) is 24.3 Å². The topological polar surface area (TPSA) is 113 Å². The van der Waals surface area contributed by atoms with E-state index in [1.165, 1.54) is 5.56 Å². The second-order valence-corrected chi connectivity index (χ2v) is 7.30. The lowest BCUT2D eigenvalue weighted by atomic mass is 9.93. The fourth-order valence-corrected chi connectivity index (χ4v) is 4.11. The summed E-state index contributed by atoms with van der Waals surface area (Å²) in [5.41, 5.74) is 11.4. The van der Waals surface area contributed by atoms with Crippen LogP contribution in [0.25, 0.3) is 44.0 Å². The Morgan fingerprint density at radius 1 is 1.07 bits per heavy atom. The molecule has 1 aliphatic rings. The molecular formula is C21H16N6O. The summed E-state index contributed by atoms with van der Waals surface area (Å²) in [6.45, 7) is 0. The highest BCUT2D eigenvalue weighted by atomic mass is 16.1. The summed E-state index contributed by atoms with van der Waals surface area (Å²) in [4.78, 5) is 24.6. The fraction of sp³-hybridized carbons (Fsp3) is 0.143. The number of nitrogen functional groups attached to an aromatic ring is 1. The molecule has 4 heterocycles. The van der Waals surface area contributed by atoms with Gasteiger partial charge in [0.25, 0.3) is 5.56 Å². The van der Waals surface area contributed by atoms with Crippen molar-refractivity contribution in [2.24, 2.45) is 0 Å². The van der Waals surface area contributed by atoms with Crippen LogP contribution in [0.5, 0.6) is 0 Å². The molecule has 28 heavy (non-hydrogen) atoms. The number of nitrogens with zero attached hydrogens (tertiary/aromatic N) is 3. The summed E-state index contributed by atoms with van der Waals surface area (Å²) < 4.78 is 0. The zero-order valence-electron chi connectivity index (χ0n) is 14.9. The molecule has 136 valence electrons. The minimum absolute atomic E-state index is 0.200. The third-order valence-electron chi connectivity index (χ3n) is 5.58. The number of benzene rings is 1. The van der Waals surface area contributed by atoms with E-state index >= 15 is 0 Å². The molecule has 1 fully saturated rings. The lowest BCUT2D eigenvalue weighted by molar-refractivity contribution is 1.10. The Morgan fingerprint density at radius 3 is 2.82 bits per heavy atom. The van der Waals surface area contributed by atoms with E-state index in [1.807, 2.05) is 18.2 Å². The molecule has 0 amide bonds. The van der Waals surface area contributed by atoms with Gasteiger partial charge in [0.2, 0.25) is 0 Å². The van der Waals surface area contributed by atoms with Crippen LogP contribution in [0.4, 0.5) is 5.69 Å². The van der Waals surface area contributed by atoms with Gasteiger partial charge >= 0.3 is 0 Å². The second-order valence-electron chi connectivity index (χ2n) is 7.30. The zero-order valence-corrected chi connectivity index (χ0v) is 14.9. The first-order valence-corrected chi connectivity index (χ1v) is 9.24. The van der Waals surface area contributed by atoms with Gasteiger partial charge in [-0.05, 0) is 54.2 Å². The number of anilines is 1. The first kappa shape index (κ1) is 15.3.